The third-order valence-corrected chi connectivity index (χ3v) is 1.31. The van der Waals surface area contributed by atoms with Gasteiger partial charge in [0, 0.05) is 12.4 Å². The van der Waals surface area contributed by atoms with Crippen molar-refractivity contribution in [2.75, 3.05) is 6.61 Å². The summed E-state index contributed by atoms with van der Waals surface area (Å²) < 4.78 is 0. The molecule has 5 heteroatoms. The molecule has 0 aliphatic heterocycles. The van der Waals surface area contributed by atoms with Crippen LogP contribution in [0.5, 0.6) is 0 Å². The Labute approximate surface area is 83.8 Å². The average molecular weight is 211 g/mol. The van der Waals surface area contributed by atoms with E-state index < -0.39 is 0 Å². The van der Waals surface area contributed by atoms with Gasteiger partial charge in [-0.25, -0.2) is 0 Å². The Bertz CT molecular complexity index is 196. The Morgan fingerprint density at radius 2 is 2.17 bits per heavy atom. The minimum atomic E-state index is -0.298. The van der Waals surface area contributed by atoms with Gasteiger partial charge in [0.2, 0.25) is 0 Å². The Morgan fingerprint density at radius 1 is 1.50 bits per heavy atom. The van der Waals surface area contributed by atoms with E-state index in [4.69, 9.17) is 10.8 Å². The fraction of sp³-hybridized carbons (Fsp3) is 0.286. The normalized spacial score (nSPS) is 10.8. The van der Waals surface area contributed by atoms with Gasteiger partial charge in [-0.05, 0) is 11.6 Å². The largest absolute Gasteiger partial charge is 0.394 e. The third-order valence-electron chi connectivity index (χ3n) is 1.31. The first-order valence-electron chi connectivity index (χ1n) is 3.11. The molecule has 70 valence electrons. The highest BCUT2D eigenvalue weighted by molar-refractivity contribution is 5.85. The molecule has 0 bridgehead atoms. The third kappa shape index (κ3) is 3.88. The second-order valence-corrected chi connectivity index (χ2v) is 2.08. The second-order valence-electron chi connectivity index (χ2n) is 2.08. The lowest BCUT2D eigenvalue weighted by Gasteiger charge is -2.05. The molecule has 0 amide bonds. The number of aromatic nitrogens is 1. The first kappa shape index (κ1) is 14.2. The summed E-state index contributed by atoms with van der Waals surface area (Å²) in [6.07, 6.45) is 3.33. The predicted octanol–water partition coefficient (Wildman–Crippen LogP) is 0.917. The minimum Gasteiger partial charge on any atom is -0.394 e. The van der Waals surface area contributed by atoms with Gasteiger partial charge in [0.1, 0.15) is 0 Å². The molecule has 3 nitrogen and oxygen atoms in total. The highest BCUT2D eigenvalue weighted by atomic mass is 35.5. The Kier molecular flexibility index (Phi) is 8.64. The van der Waals surface area contributed by atoms with Gasteiger partial charge in [0.25, 0.3) is 0 Å². The topological polar surface area (TPSA) is 59.1 Å². The van der Waals surface area contributed by atoms with Crippen LogP contribution in [0.3, 0.4) is 0 Å². The van der Waals surface area contributed by atoms with Crippen molar-refractivity contribution >= 4 is 24.8 Å². The molecule has 0 aliphatic rings. The van der Waals surface area contributed by atoms with Crippen LogP contribution in [0.1, 0.15) is 11.6 Å². The molecule has 12 heavy (non-hydrogen) atoms. The quantitative estimate of drug-likeness (QED) is 0.764. The van der Waals surface area contributed by atoms with Gasteiger partial charge in [-0.3, -0.25) is 4.98 Å². The zero-order valence-electron chi connectivity index (χ0n) is 6.38. The molecule has 0 spiro atoms. The van der Waals surface area contributed by atoms with Crippen LogP contribution >= 0.6 is 24.8 Å². The summed E-state index contributed by atoms with van der Waals surface area (Å²) in [4.78, 5) is 3.86. The number of aliphatic hydroxyl groups is 1. The lowest BCUT2D eigenvalue weighted by atomic mass is 10.1. The number of hydrogen-bond acceptors (Lipinski definition) is 3. The van der Waals surface area contributed by atoms with Crippen molar-refractivity contribution in [3.8, 4) is 0 Å². The number of rotatable bonds is 2. The predicted molar refractivity (Wildman–Crippen MR) is 52.7 cm³/mol. The van der Waals surface area contributed by atoms with Crippen LogP contribution in [0.15, 0.2) is 24.5 Å². The van der Waals surface area contributed by atoms with Crippen molar-refractivity contribution in [3.05, 3.63) is 30.1 Å². The monoisotopic (exact) mass is 210 g/mol. The maximum Gasteiger partial charge on any atom is 0.0624 e. The average Bonchev–Trinajstić information content (AvgIpc) is 2.05. The number of nitrogens with zero attached hydrogens (tertiary/aromatic N) is 1. The SMILES string of the molecule is Cl.Cl.N[C@H](CO)c1cccnc1. The van der Waals surface area contributed by atoms with E-state index in [9.17, 15) is 0 Å². The van der Waals surface area contributed by atoms with Crippen LogP contribution in [-0.2, 0) is 0 Å². The number of halogens is 2. The van der Waals surface area contributed by atoms with Crippen molar-refractivity contribution in [1.29, 1.82) is 0 Å². The van der Waals surface area contributed by atoms with Crippen LogP contribution in [0.25, 0.3) is 0 Å². The summed E-state index contributed by atoms with van der Waals surface area (Å²) in [6.45, 7) is -0.0360. The van der Waals surface area contributed by atoms with E-state index in [0.717, 1.165) is 5.56 Å². The lowest BCUT2D eigenvalue weighted by Crippen LogP contribution is -2.14. The zero-order chi connectivity index (χ0) is 7.40. The smallest absolute Gasteiger partial charge is 0.0624 e. The fourth-order valence-corrected chi connectivity index (χ4v) is 0.701. The maximum atomic E-state index is 8.64. The first-order chi connectivity index (χ1) is 4.84. The number of aliphatic hydroxyl groups excluding tert-OH is 1. The van der Waals surface area contributed by atoms with E-state index in [2.05, 4.69) is 4.98 Å². The maximum absolute atomic E-state index is 8.64. The summed E-state index contributed by atoms with van der Waals surface area (Å²) >= 11 is 0. The van der Waals surface area contributed by atoms with E-state index in [1.165, 1.54) is 0 Å². The fourth-order valence-electron chi connectivity index (χ4n) is 0.701. The van der Waals surface area contributed by atoms with Crippen molar-refractivity contribution in [2.45, 2.75) is 6.04 Å². The van der Waals surface area contributed by atoms with E-state index in [1.807, 2.05) is 6.07 Å². The Hall–Kier alpha value is -0.350. The molecule has 0 saturated carbocycles. The van der Waals surface area contributed by atoms with Crippen LogP contribution in [0.2, 0.25) is 0 Å². The van der Waals surface area contributed by atoms with Crippen molar-refractivity contribution in [3.63, 3.8) is 0 Å². The van der Waals surface area contributed by atoms with Crippen molar-refractivity contribution in [2.24, 2.45) is 5.73 Å². The van der Waals surface area contributed by atoms with E-state index in [-0.39, 0.29) is 37.5 Å². The standard InChI is InChI=1S/C7H10N2O.2ClH/c8-7(5-10)6-2-1-3-9-4-6;;/h1-4,7,10H,5,8H2;2*1H/t7-;;/m1../s1. The van der Waals surface area contributed by atoms with E-state index in [1.54, 1.807) is 18.5 Å². The molecule has 1 rings (SSSR count). The molecule has 0 aliphatic carbocycles. The molecule has 0 radical (unpaired) electrons. The molecule has 0 saturated heterocycles. The van der Waals surface area contributed by atoms with Crippen LogP contribution < -0.4 is 5.73 Å². The highest BCUT2D eigenvalue weighted by Gasteiger charge is 2.01. The summed E-state index contributed by atoms with van der Waals surface area (Å²) in [7, 11) is 0. The van der Waals surface area contributed by atoms with Crippen LogP contribution in [-0.4, -0.2) is 16.7 Å². The van der Waals surface area contributed by atoms with Gasteiger partial charge in [-0.15, -0.1) is 24.8 Å². The Balaban J connectivity index is 0. The number of hydrogen-bond donors (Lipinski definition) is 2. The highest BCUT2D eigenvalue weighted by Crippen LogP contribution is 2.05. The minimum absolute atomic E-state index is 0. The molecule has 0 unspecified atom stereocenters. The molecule has 1 aromatic heterocycles. The summed E-state index contributed by atoms with van der Waals surface area (Å²) in [5.41, 5.74) is 6.37. The Morgan fingerprint density at radius 3 is 2.58 bits per heavy atom. The van der Waals surface area contributed by atoms with Crippen LogP contribution in [0, 0.1) is 0 Å². The van der Waals surface area contributed by atoms with Gasteiger partial charge in [-0.1, -0.05) is 6.07 Å². The van der Waals surface area contributed by atoms with Gasteiger partial charge in [0.05, 0.1) is 12.6 Å². The molecule has 1 aromatic rings. The molecular weight excluding hydrogens is 199 g/mol. The zero-order valence-corrected chi connectivity index (χ0v) is 8.02. The lowest BCUT2D eigenvalue weighted by molar-refractivity contribution is 0.268. The second kappa shape index (κ2) is 7.31. The van der Waals surface area contributed by atoms with Gasteiger partial charge >= 0.3 is 0 Å². The van der Waals surface area contributed by atoms with Gasteiger partial charge in [-0.2, -0.15) is 0 Å². The molecular formula is C7H12Cl2N2O. The van der Waals surface area contributed by atoms with E-state index in [0.29, 0.717) is 0 Å². The van der Waals surface area contributed by atoms with E-state index >= 15 is 0 Å². The summed E-state index contributed by atoms with van der Waals surface area (Å²) in [5, 5.41) is 8.64. The summed E-state index contributed by atoms with van der Waals surface area (Å²) in [6, 6.07) is 3.34. The van der Waals surface area contributed by atoms with Crippen molar-refractivity contribution in [1.82, 2.24) is 4.98 Å². The number of nitrogens with two attached hydrogens (primary N) is 1. The number of pyridine rings is 1. The molecule has 1 heterocycles. The molecule has 3 N–H and O–H groups in total. The molecule has 1 atom stereocenters. The first-order valence-corrected chi connectivity index (χ1v) is 3.11. The van der Waals surface area contributed by atoms with Gasteiger partial charge in [0.15, 0.2) is 0 Å². The van der Waals surface area contributed by atoms with Gasteiger partial charge < -0.3 is 10.8 Å². The van der Waals surface area contributed by atoms with Crippen LogP contribution in [0.4, 0.5) is 0 Å². The summed E-state index contributed by atoms with van der Waals surface area (Å²) in [5.74, 6) is 0. The van der Waals surface area contributed by atoms with Crippen molar-refractivity contribution < 1.29 is 5.11 Å². The molecule has 0 fully saturated rings. The molecule has 0 aromatic carbocycles.